The van der Waals surface area contributed by atoms with Crippen LogP contribution in [0, 0.1) is 0 Å². The first-order valence-electron chi connectivity index (χ1n) is 14.2. The summed E-state index contributed by atoms with van der Waals surface area (Å²) in [4.78, 5) is 69.3. The molecule has 220 valence electrons. The second-order valence-electron chi connectivity index (χ2n) is 10.7. The van der Waals surface area contributed by atoms with Gasteiger partial charge < -0.3 is 26.6 Å². The summed E-state index contributed by atoms with van der Waals surface area (Å²) in [7, 11) is 1.66. The Morgan fingerprint density at radius 1 is 1.05 bits per heavy atom. The maximum Gasteiger partial charge on any atom is 0.253 e. The highest BCUT2D eigenvalue weighted by Crippen LogP contribution is 2.34. The molecule has 5 rings (SSSR count). The fourth-order valence-electron chi connectivity index (χ4n) is 5.39. The number of carbonyl (C=O) groups excluding carboxylic acids is 5. The molecule has 0 bridgehead atoms. The minimum atomic E-state index is -0.893. The van der Waals surface area contributed by atoms with E-state index in [0.29, 0.717) is 23.5 Å². The molecule has 1 aliphatic carbocycles. The van der Waals surface area contributed by atoms with Gasteiger partial charge in [-0.1, -0.05) is 42.5 Å². The van der Waals surface area contributed by atoms with Gasteiger partial charge in [-0.05, 0) is 50.4 Å². The van der Waals surface area contributed by atoms with Crippen LogP contribution in [0.3, 0.4) is 0 Å². The fourth-order valence-corrected chi connectivity index (χ4v) is 5.39. The zero-order valence-corrected chi connectivity index (χ0v) is 23.6. The maximum absolute atomic E-state index is 13.6. The third-order valence-electron chi connectivity index (χ3n) is 7.86. The van der Waals surface area contributed by atoms with E-state index in [4.69, 9.17) is 0 Å². The lowest BCUT2D eigenvalue weighted by atomic mass is 9.86. The van der Waals surface area contributed by atoms with Crippen LogP contribution >= 0.6 is 0 Å². The van der Waals surface area contributed by atoms with Crippen molar-refractivity contribution >= 4 is 41.1 Å². The van der Waals surface area contributed by atoms with Crippen LogP contribution in [0.5, 0.6) is 0 Å². The van der Waals surface area contributed by atoms with Crippen LogP contribution in [0.15, 0.2) is 53.5 Å². The van der Waals surface area contributed by atoms with Gasteiger partial charge in [-0.25, -0.2) is 0 Å². The molecule has 5 N–H and O–H groups in total. The molecule has 12 nitrogen and oxygen atoms in total. The second-order valence-corrected chi connectivity index (χ2v) is 10.7. The standard InChI is InChI=1S/C30H35N7O5/c1-17(31-2)28(40)36-24-15-32-27(18-8-4-3-5-9-18)37(30(24)42)16-26(39)33-21-12-6-11-20-19(21)10-7-13-22(20)35-29(41)23-14-25(38)34-23/h3-5,7-10,13,17,21,23-24,31H,6,11-12,14-16H2,1-2H3,(H,33,39)(H,34,38)(H,35,41)(H,36,40)/t17-,21?,23?,24?/m0/s1. The zero-order valence-electron chi connectivity index (χ0n) is 23.6. The first kappa shape index (κ1) is 28.9. The Labute approximate surface area is 243 Å². The van der Waals surface area contributed by atoms with Crippen LogP contribution in [0.2, 0.25) is 0 Å². The molecule has 0 saturated carbocycles. The van der Waals surface area contributed by atoms with Crippen LogP contribution in [-0.2, 0) is 30.4 Å². The summed E-state index contributed by atoms with van der Waals surface area (Å²) in [6.07, 6.45) is 2.39. The Hall–Kier alpha value is -4.58. The molecule has 1 saturated heterocycles. The maximum atomic E-state index is 13.6. The van der Waals surface area contributed by atoms with E-state index in [1.165, 1.54) is 4.90 Å². The molecular weight excluding hydrogens is 538 g/mol. The van der Waals surface area contributed by atoms with E-state index in [1.807, 2.05) is 48.5 Å². The Kier molecular flexibility index (Phi) is 8.62. The van der Waals surface area contributed by atoms with Crippen molar-refractivity contribution in [3.05, 3.63) is 65.2 Å². The smallest absolute Gasteiger partial charge is 0.253 e. The molecule has 3 aliphatic rings. The highest BCUT2D eigenvalue weighted by Gasteiger charge is 2.36. The largest absolute Gasteiger partial charge is 0.348 e. The number of likely N-dealkylation sites (N-methyl/N-ethyl adjacent to an activating group) is 1. The van der Waals surface area contributed by atoms with Crippen LogP contribution in [-0.4, -0.2) is 78.5 Å². The van der Waals surface area contributed by atoms with Crippen molar-refractivity contribution in [1.29, 1.82) is 0 Å². The van der Waals surface area contributed by atoms with Gasteiger partial charge in [-0.15, -0.1) is 0 Å². The quantitative estimate of drug-likeness (QED) is 0.273. The Bertz CT molecular complexity index is 1420. The number of amidine groups is 1. The van der Waals surface area contributed by atoms with Gasteiger partial charge in [0.1, 0.15) is 24.5 Å². The van der Waals surface area contributed by atoms with Gasteiger partial charge in [0, 0.05) is 11.3 Å². The first-order chi connectivity index (χ1) is 20.2. The third kappa shape index (κ3) is 6.18. The number of nitrogens with one attached hydrogen (secondary N) is 5. The molecule has 42 heavy (non-hydrogen) atoms. The average Bonchev–Trinajstić information content (AvgIpc) is 2.98. The second kappa shape index (κ2) is 12.5. The summed E-state index contributed by atoms with van der Waals surface area (Å²) in [5, 5.41) is 14.2. The van der Waals surface area contributed by atoms with Crippen molar-refractivity contribution in [2.24, 2.45) is 4.99 Å². The minimum Gasteiger partial charge on any atom is -0.348 e. The lowest BCUT2D eigenvalue weighted by Gasteiger charge is -2.34. The van der Waals surface area contributed by atoms with E-state index in [-0.39, 0.29) is 49.2 Å². The summed E-state index contributed by atoms with van der Waals surface area (Å²) >= 11 is 0. The number of nitrogens with zero attached hydrogens (tertiary/aromatic N) is 2. The number of aliphatic imine (C=N–C) groups is 1. The van der Waals surface area contributed by atoms with E-state index in [1.54, 1.807) is 14.0 Å². The molecule has 2 aromatic rings. The summed E-state index contributed by atoms with van der Waals surface area (Å²) in [5.74, 6) is -1.15. The predicted molar refractivity (Wildman–Crippen MR) is 155 cm³/mol. The van der Waals surface area contributed by atoms with Gasteiger partial charge in [0.15, 0.2) is 0 Å². The van der Waals surface area contributed by atoms with E-state index in [2.05, 4.69) is 31.6 Å². The lowest BCUT2D eigenvalue weighted by Crippen LogP contribution is -2.59. The Morgan fingerprint density at radius 2 is 1.81 bits per heavy atom. The first-order valence-corrected chi connectivity index (χ1v) is 14.2. The minimum absolute atomic E-state index is 0.0678. The monoisotopic (exact) mass is 573 g/mol. The fraction of sp³-hybridized carbons (Fsp3) is 0.400. The number of hydrogen-bond donors (Lipinski definition) is 5. The normalized spacial score (nSPS) is 22.1. The molecule has 2 aromatic carbocycles. The number of anilines is 1. The zero-order chi connectivity index (χ0) is 29.8. The van der Waals surface area contributed by atoms with Crippen molar-refractivity contribution < 1.29 is 24.0 Å². The van der Waals surface area contributed by atoms with Crippen LogP contribution < -0.4 is 26.6 Å². The van der Waals surface area contributed by atoms with Gasteiger partial charge >= 0.3 is 0 Å². The van der Waals surface area contributed by atoms with Gasteiger partial charge in [-0.3, -0.25) is 33.9 Å². The Balaban J connectivity index is 1.31. The number of hydrogen-bond acceptors (Lipinski definition) is 7. The van der Waals surface area contributed by atoms with Gasteiger partial charge in [0.25, 0.3) is 5.91 Å². The molecular formula is C30H35N7O5. The van der Waals surface area contributed by atoms with Crippen LogP contribution in [0.1, 0.15) is 48.9 Å². The number of amides is 5. The lowest BCUT2D eigenvalue weighted by molar-refractivity contribution is -0.136. The third-order valence-corrected chi connectivity index (χ3v) is 7.86. The SMILES string of the molecule is CN[C@@H](C)C(=O)NC1CN=C(c2ccccc2)N(CC(=O)NC2CCCc3c(NC(=O)C4CC(=O)N4)cccc32)C1=O. The Morgan fingerprint density at radius 3 is 2.52 bits per heavy atom. The summed E-state index contributed by atoms with van der Waals surface area (Å²) in [6, 6.07) is 12.5. The van der Waals surface area contributed by atoms with Crippen molar-refractivity contribution in [2.75, 3.05) is 25.5 Å². The molecule has 0 radical (unpaired) electrons. The van der Waals surface area contributed by atoms with Crippen molar-refractivity contribution in [2.45, 2.75) is 56.8 Å². The molecule has 2 aliphatic heterocycles. The molecule has 5 amide bonds. The van der Waals surface area contributed by atoms with E-state index in [0.717, 1.165) is 24.0 Å². The number of fused-ring (bicyclic) bond motifs is 1. The topological polar surface area (TPSA) is 161 Å². The number of carbonyl (C=O) groups is 5. The molecule has 0 aromatic heterocycles. The van der Waals surface area contributed by atoms with Gasteiger partial charge in [0.2, 0.25) is 23.6 Å². The molecule has 12 heteroatoms. The van der Waals surface area contributed by atoms with Crippen molar-refractivity contribution in [1.82, 2.24) is 26.2 Å². The molecule has 0 spiro atoms. The van der Waals surface area contributed by atoms with Gasteiger partial charge in [-0.2, -0.15) is 0 Å². The number of β-lactam (4-membered cyclic amide) rings is 1. The van der Waals surface area contributed by atoms with Gasteiger partial charge in [0.05, 0.1) is 25.0 Å². The summed E-state index contributed by atoms with van der Waals surface area (Å²) < 4.78 is 0. The summed E-state index contributed by atoms with van der Waals surface area (Å²) in [6.45, 7) is 1.49. The van der Waals surface area contributed by atoms with E-state index in [9.17, 15) is 24.0 Å². The molecule has 1 fully saturated rings. The van der Waals surface area contributed by atoms with E-state index >= 15 is 0 Å². The van der Waals surface area contributed by atoms with Crippen LogP contribution in [0.25, 0.3) is 0 Å². The molecule has 2 heterocycles. The highest BCUT2D eigenvalue weighted by atomic mass is 16.2. The van der Waals surface area contributed by atoms with Crippen molar-refractivity contribution in [3.8, 4) is 0 Å². The number of rotatable bonds is 9. The van der Waals surface area contributed by atoms with E-state index < -0.39 is 24.0 Å². The molecule has 4 atom stereocenters. The highest BCUT2D eigenvalue weighted by molar-refractivity contribution is 6.13. The average molecular weight is 574 g/mol. The summed E-state index contributed by atoms with van der Waals surface area (Å²) in [5.41, 5.74) is 3.20. The molecule has 3 unspecified atom stereocenters. The van der Waals surface area contributed by atoms with Crippen molar-refractivity contribution in [3.63, 3.8) is 0 Å². The predicted octanol–water partition coefficient (Wildman–Crippen LogP) is 0.389. The van der Waals surface area contributed by atoms with Crippen LogP contribution in [0.4, 0.5) is 5.69 Å². The number of benzene rings is 2.